The van der Waals surface area contributed by atoms with Gasteiger partial charge in [0.1, 0.15) is 6.61 Å². The summed E-state index contributed by atoms with van der Waals surface area (Å²) in [7, 11) is -1.89. The van der Waals surface area contributed by atoms with Crippen molar-refractivity contribution in [3.63, 3.8) is 0 Å². The van der Waals surface area contributed by atoms with Crippen molar-refractivity contribution in [3.8, 4) is 0 Å². The molecule has 2 N–H and O–H groups in total. The molecule has 0 fully saturated rings. The van der Waals surface area contributed by atoms with E-state index in [-0.39, 0.29) is 18.3 Å². The monoisotopic (exact) mass is 272 g/mol. The molecule has 0 aliphatic carbocycles. The van der Waals surface area contributed by atoms with Crippen molar-refractivity contribution >= 4 is 27.3 Å². The van der Waals surface area contributed by atoms with Gasteiger partial charge in [0.15, 0.2) is 0 Å². The lowest BCUT2D eigenvalue weighted by Gasteiger charge is -2.09. The van der Waals surface area contributed by atoms with E-state index in [2.05, 4.69) is 14.8 Å². The zero-order chi connectivity index (χ0) is 13.6. The van der Waals surface area contributed by atoms with E-state index in [0.717, 1.165) is 0 Å². The molecule has 1 aromatic rings. The highest BCUT2D eigenvalue weighted by molar-refractivity contribution is 7.92. The summed E-state index contributed by atoms with van der Waals surface area (Å²) in [4.78, 5) is 11.3. The maximum absolute atomic E-state index is 11.4. The molecule has 0 spiro atoms. The predicted molar refractivity (Wildman–Crippen MR) is 70.0 cm³/mol. The zero-order valence-electron chi connectivity index (χ0n) is 10.3. The van der Waals surface area contributed by atoms with Crippen LogP contribution in [-0.2, 0) is 19.6 Å². The number of hydrogen-bond acceptors (Lipinski definition) is 4. The van der Waals surface area contributed by atoms with Crippen LogP contribution in [0.4, 0.5) is 11.4 Å². The van der Waals surface area contributed by atoms with E-state index in [1.165, 1.54) is 7.11 Å². The van der Waals surface area contributed by atoms with Crippen LogP contribution in [0.25, 0.3) is 0 Å². The number of sulfonamides is 1. The number of rotatable bonds is 6. The molecule has 0 bridgehead atoms. The quantitative estimate of drug-likeness (QED) is 0.810. The summed E-state index contributed by atoms with van der Waals surface area (Å²) >= 11 is 0. The average Bonchev–Trinajstić information content (AvgIpc) is 2.29. The first-order chi connectivity index (χ1) is 8.46. The molecule has 6 nitrogen and oxygen atoms in total. The number of carbonyl (C=O) groups excluding carboxylic acids is 1. The zero-order valence-corrected chi connectivity index (χ0v) is 11.1. The Bertz CT molecular complexity index is 514. The number of anilines is 2. The molecular weight excluding hydrogens is 256 g/mol. The van der Waals surface area contributed by atoms with Gasteiger partial charge < -0.3 is 10.1 Å². The standard InChI is InChI=1S/C11H16N2O4S/c1-3-18(15,16)13-10-6-4-5-9(7-10)12-11(14)8-17-2/h4-7,13H,3,8H2,1-2H3,(H,12,14). The van der Waals surface area contributed by atoms with Gasteiger partial charge in [0, 0.05) is 12.8 Å². The lowest BCUT2D eigenvalue weighted by atomic mass is 10.3. The van der Waals surface area contributed by atoms with E-state index < -0.39 is 10.0 Å². The lowest BCUT2D eigenvalue weighted by Crippen LogP contribution is -2.18. The number of methoxy groups -OCH3 is 1. The largest absolute Gasteiger partial charge is 0.375 e. The van der Waals surface area contributed by atoms with Crippen LogP contribution in [0.2, 0.25) is 0 Å². The molecule has 0 unspecified atom stereocenters. The van der Waals surface area contributed by atoms with Crippen molar-refractivity contribution in [1.29, 1.82) is 0 Å². The Morgan fingerprint density at radius 1 is 1.33 bits per heavy atom. The second-order valence-corrected chi connectivity index (χ2v) is 5.58. The van der Waals surface area contributed by atoms with Crippen molar-refractivity contribution in [2.45, 2.75) is 6.92 Å². The van der Waals surface area contributed by atoms with Crippen molar-refractivity contribution < 1.29 is 17.9 Å². The molecule has 7 heteroatoms. The maximum atomic E-state index is 11.4. The van der Waals surface area contributed by atoms with Gasteiger partial charge in [-0.05, 0) is 25.1 Å². The second-order valence-electron chi connectivity index (χ2n) is 3.57. The SMILES string of the molecule is CCS(=O)(=O)Nc1cccc(NC(=O)COC)c1. The fourth-order valence-corrected chi connectivity index (χ4v) is 1.87. The summed E-state index contributed by atoms with van der Waals surface area (Å²) < 4.78 is 29.9. The van der Waals surface area contributed by atoms with E-state index in [9.17, 15) is 13.2 Å². The van der Waals surface area contributed by atoms with Gasteiger partial charge in [0.25, 0.3) is 0 Å². The van der Waals surface area contributed by atoms with Gasteiger partial charge in [0.05, 0.1) is 11.4 Å². The molecule has 0 atom stereocenters. The second kappa shape index (κ2) is 6.36. The number of nitrogens with one attached hydrogen (secondary N) is 2. The van der Waals surface area contributed by atoms with Crippen LogP contribution in [0.15, 0.2) is 24.3 Å². The average molecular weight is 272 g/mol. The van der Waals surface area contributed by atoms with Gasteiger partial charge in [0.2, 0.25) is 15.9 Å². The maximum Gasteiger partial charge on any atom is 0.250 e. The van der Waals surface area contributed by atoms with Crippen LogP contribution in [0.3, 0.4) is 0 Å². The molecule has 0 aromatic heterocycles. The van der Waals surface area contributed by atoms with Crippen LogP contribution in [0.1, 0.15) is 6.92 Å². The Labute approximate surface area is 106 Å². The fourth-order valence-electron chi connectivity index (χ4n) is 1.24. The van der Waals surface area contributed by atoms with E-state index in [4.69, 9.17) is 0 Å². The molecule has 1 amide bonds. The molecule has 1 rings (SSSR count). The summed E-state index contributed by atoms with van der Waals surface area (Å²) in [6.45, 7) is 1.50. The number of amides is 1. The number of ether oxygens (including phenoxy) is 1. The van der Waals surface area contributed by atoms with Crippen molar-refractivity contribution in [3.05, 3.63) is 24.3 Å². The highest BCUT2D eigenvalue weighted by Crippen LogP contribution is 2.16. The topological polar surface area (TPSA) is 84.5 Å². The third kappa shape index (κ3) is 4.72. The van der Waals surface area contributed by atoms with Crippen molar-refractivity contribution in [1.82, 2.24) is 0 Å². The normalized spacial score (nSPS) is 11.0. The number of benzene rings is 1. The molecule has 100 valence electrons. The number of carbonyl (C=O) groups is 1. The number of hydrogen-bond donors (Lipinski definition) is 2. The van der Waals surface area contributed by atoms with E-state index in [1.807, 2.05) is 0 Å². The first kappa shape index (κ1) is 14.5. The van der Waals surface area contributed by atoms with Crippen molar-refractivity contribution in [2.24, 2.45) is 0 Å². The Hall–Kier alpha value is -1.60. The van der Waals surface area contributed by atoms with Crippen LogP contribution < -0.4 is 10.0 Å². The first-order valence-electron chi connectivity index (χ1n) is 5.36. The smallest absolute Gasteiger partial charge is 0.250 e. The molecule has 0 saturated heterocycles. The third-order valence-electron chi connectivity index (χ3n) is 2.08. The van der Waals surface area contributed by atoms with Crippen LogP contribution in [0.5, 0.6) is 0 Å². The summed E-state index contributed by atoms with van der Waals surface area (Å²) in [5.41, 5.74) is 0.917. The molecule has 0 aliphatic heterocycles. The van der Waals surface area contributed by atoms with Gasteiger partial charge >= 0.3 is 0 Å². The molecule has 0 aliphatic rings. The van der Waals surface area contributed by atoms with Gasteiger partial charge in [-0.25, -0.2) is 8.42 Å². The third-order valence-corrected chi connectivity index (χ3v) is 3.38. The highest BCUT2D eigenvalue weighted by Gasteiger charge is 2.07. The minimum absolute atomic E-state index is 0.00669. The van der Waals surface area contributed by atoms with Gasteiger partial charge in [-0.1, -0.05) is 6.07 Å². The highest BCUT2D eigenvalue weighted by atomic mass is 32.2. The van der Waals surface area contributed by atoms with E-state index >= 15 is 0 Å². The fraction of sp³-hybridized carbons (Fsp3) is 0.364. The lowest BCUT2D eigenvalue weighted by molar-refractivity contribution is -0.119. The Kier molecular flexibility index (Phi) is 5.11. The van der Waals surface area contributed by atoms with Gasteiger partial charge in [-0.3, -0.25) is 9.52 Å². The summed E-state index contributed by atoms with van der Waals surface area (Å²) in [6, 6.07) is 6.47. The molecule has 0 heterocycles. The van der Waals surface area contributed by atoms with Crippen LogP contribution in [-0.4, -0.2) is 33.8 Å². The minimum Gasteiger partial charge on any atom is -0.375 e. The van der Waals surface area contributed by atoms with Crippen LogP contribution >= 0.6 is 0 Å². The molecular formula is C11H16N2O4S. The van der Waals surface area contributed by atoms with Gasteiger partial charge in [-0.2, -0.15) is 0 Å². The van der Waals surface area contributed by atoms with E-state index in [1.54, 1.807) is 31.2 Å². The van der Waals surface area contributed by atoms with Crippen LogP contribution in [0, 0.1) is 0 Å². The molecule has 1 aromatic carbocycles. The van der Waals surface area contributed by atoms with Gasteiger partial charge in [-0.15, -0.1) is 0 Å². The van der Waals surface area contributed by atoms with Crippen molar-refractivity contribution in [2.75, 3.05) is 29.5 Å². The minimum atomic E-state index is -3.32. The molecule has 0 radical (unpaired) electrons. The summed E-state index contributed by atoms with van der Waals surface area (Å²) in [5.74, 6) is -0.305. The van der Waals surface area contributed by atoms with E-state index in [0.29, 0.717) is 11.4 Å². The summed E-state index contributed by atoms with van der Waals surface area (Å²) in [6.07, 6.45) is 0. The molecule has 18 heavy (non-hydrogen) atoms. The Morgan fingerprint density at radius 2 is 2.00 bits per heavy atom. The first-order valence-corrected chi connectivity index (χ1v) is 7.01. The predicted octanol–water partition coefficient (Wildman–Crippen LogP) is 1.03. The Balaban J connectivity index is 2.77. The summed E-state index contributed by atoms with van der Waals surface area (Å²) in [5, 5.41) is 2.59. The molecule has 0 saturated carbocycles. The Morgan fingerprint density at radius 3 is 2.61 bits per heavy atom.